The maximum absolute atomic E-state index is 5.91. The second kappa shape index (κ2) is 6.28. The third-order valence-corrected chi connectivity index (χ3v) is 4.32. The number of hydrogen-bond donors (Lipinski definition) is 0. The molecule has 0 saturated heterocycles. The molecule has 1 aromatic carbocycles. The summed E-state index contributed by atoms with van der Waals surface area (Å²) in [7, 11) is 1.96. The normalized spacial score (nSPS) is 10.8. The zero-order chi connectivity index (χ0) is 14.7. The highest BCUT2D eigenvalue weighted by molar-refractivity contribution is 7.98. The fraction of sp³-hybridized carbons (Fsp3) is 0.133. The molecule has 6 heteroatoms. The lowest BCUT2D eigenvalue weighted by atomic mass is 10.2. The molecule has 0 unspecified atom stereocenters. The van der Waals surface area contributed by atoms with Gasteiger partial charge in [0.25, 0.3) is 0 Å². The zero-order valence-corrected chi connectivity index (χ0v) is 13.0. The van der Waals surface area contributed by atoms with E-state index in [4.69, 9.17) is 11.6 Å². The number of thioether (sulfide) groups is 1. The van der Waals surface area contributed by atoms with Gasteiger partial charge in [-0.3, -0.25) is 4.98 Å². The molecule has 0 radical (unpaired) electrons. The van der Waals surface area contributed by atoms with Crippen LogP contribution >= 0.6 is 23.4 Å². The molecule has 3 aromatic rings. The number of halogens is 1. The van der Waals surface area contributed by atoms with E-state index in [-0.39, 0.29) is 0 Å². The first kappa shape index (κ1) is 14.1. The molecule has 0 aliphatic rings. The summed E-state index contributed by atoms with van der Waals surface area (Å²) >= 11 is 7.53. The quantitative estimate of drug-likeness (QED) is 0.686. The number of pyridine rings is 1. The molecule has 0 spiro atoms. The van der Waals surface area contributed by atoms with E-state index in [2.05, 4.69) is 15.2 Å². The van der Waals surface area contributed by atoms with Gasteiger partial charge in [-0.2, -0.15) is 0 Å². The van der Waals surface area contributed by atoms with E-state index in [0.29, 0.717) is 5.02 Å². The molecule has 0 aliphatic carbocycles. The molecule has 0 fully saturated rings. The first-order valence-electron chi connectivity index (χ1n) is 6.42. The van der Waals surface area contributed by atoms with E-state index >= 15 is 0 Å². The summed E-state index contributed by atoms with van der Waals surface area (Å²) in [4.78, 5) is 4.31. The second-order valence-electron chi connectivity index (χ2n) is 4.48. The summed E-state index contributed by atoms with van der Waals surface area (Å²) in [5, 5.41) is 10.1. The lowest BCUT2D eigenvalue weighted by Crippen LogP contribution is -1.95. The maximum atomic E-state index is 5.91. The fourth-order valence-corrected chi connectivity index (χ4v) is 2.87. The van der Waals surface area contributed by atoms with E-state index in [9.17, 15) is 0 Å². The van der Waals surface area contributed by atoms with Crippen LogP contribution in [0.2, 0.25) is 5.02 Å². The molecule has 0 amide bonds. The third-order valence-electron chi connectivity index (χ3n) is 3.01. The van der Waals surface area contributed by atoms with E-state index < -0.39 is 0 Å². The summed E-state index contributed by atoms with van der Waals surface area (Å²) in [6, 6.07) is 13.5. The molecular formula is C15H13ClN4S. The minimum Gasteiger partial charge on any atom is -0.305 e. The first-order chi connectivity index (χ1) is 10.2. The van der Waals surface area contributed by atoms with Gasteiger partial charge in [0, 0.05) is 29.6 Å². The number of aromatic nitrogens is 4. The van der Waals surface area contributed by atoms with Crippen LogP contribution in [0.25, 0.3) is 11.4 Å². The number of benzene rings is 1. The van der Waals surface area contributed by atoms with E-state index in [1.54, 1.807) is 18.0 Å². The molecule has 21 heavy (non-hydrogen) atoms. The lowest BCUT2D eigenvalue weighted by molar-refractivity contribution is 0.793. The molecule has 0 atom stereocenters. The lowest BCUT2D eigenvalue weighted by Gasteiger charge is -2.04. The van der Waals surface area contributed by atoms with Crippen LogP contribution in [0.4, 0.5) is 0 Å². The van der Waals surface area contributed by atoms with E-state index in [1.807, 2.05) is 54.1 Å². The van der Waals surface area contributed by atoms with Crippen molar-refractivity contribution in [1.82, 2.24) is 19.7 Å². The minimum atomic E-state index is 0.714. The molecule has 3 rings (SSSR count). The molecule has 2 heterocycles. The van der Waals surface area contributed by atoms with Gasteiger partial charge in [0.15, 0.2) is 11.0 Å². The van der Waals surface area contributed by atoms with Crippen molar-refractivity contribution in [3.05, 3.63) is 59.4 Å². The molecule has 4 nitrogen and oxygen atoms in total. The zero-order valence-electron chi connectivity index (χ0n) is 11.4. The Morgan fingerprint density at radius 1 is 1.10 bits per heavy atom. The average molecular weight is 317 g/mol. The van der Waals surface area contributed by atoms with Gasteiger partial charge in [-0.25, -0.2) is 0 Å². The molecule has 0 saturated carbocycles. The summed E-state index contributed by atoms with van der Waals surface area (Å²) in [5.74, 6) is 1.60. The SMILES string of the molecule is Cn1c(SCc2ccccn2)nnc1-c1ccc(Cl)cc1. The highest BCUT2D eigenvalue weighted by Gasteiger charge is 2.11. The van der Waals surface area contributed by atoms with E-state index in [0.717, 1.165) is 28.0 Å². The molecule has 0 aliphatic heterocycles. The van der Waals surface area contributed by atoms with Crippen LogP contribution in [-0.4, -0.2) is 19.7 Å². The Morgan fingerprint density at radius 2 is 1.90 bits per heavy atom. The Morgan fingerprint density at radius 3 is 2.62 bits per heavy atom. The Bertz CT molecular complexity index is 725. The van der Waals surface area contributed by atoms with Crippen LogP contribution in [0.5, 0.6) is 0 Å². The number of rotatable bonds is 4. The van der Waals surface area contributed by atoms with Gasteiger partial charge in [0.1, 0.15) is 0 Å². The molecule has 0 bridgehead atoms. The molecule has 2 aromatic heterocycles. The van der Waals surface area contributed by atoms with Crippen LogP contribution in [0.3, 0.4) is 0 Å². The van der Waals surface area contributed by atoms with Gasteiger partial charge in [-0.15, -0.1) is 10.2 Å². The smallest absolute Gasteiger partial charge is 0.191 e. The fourth-order valence-electron chi connectivity index (χ4n) is 1.91. The largest absolute Gasteiger partial charge is 0.305 e. The van der Waals surface area contributed by atoms with Crippen molar-refractivity contribution >= 4 is 23.4 Å². The van der Waals surface area contributed by atoms with Crippen molar-refractivity contribution in [1.29, 1.82) is 0 Å². The van der Waals surface area contributed by atoms with Crippen LogP contribution in [-0.2, 0) is 12.8 Å². The monoisotopic (exact) mass is 316 g/mol. The van der Waals surface area contributed by atoms with Gasteiger partial charge in [-0.05, 0) is 36.4 Å². The summed E-state index contributed by atoms with van der Waals surface area (Å²) in [6.45, 7) is 0. The topological polar surface area (TPSA) is 43.6 Å². The van der Waals surface area contributed by atoms with Crippen LogP contribution < -0.4 is 0 Å². The predicted molar refractivity (Wildman–Crippen MR) is 85.2 cm³/mol. The Balaban J connectivity index is 1.78. The highest BCUT2D eigenvalue weighted by atomic mass is 35.5. The molecule has 0 N–H and O–H groups in total. The van der Waals surface area contributed by atoms with Crippen LogP contribution in [0, 0.1) is 0 Å². The Labute approximate surface area is 132 Å². The maximum Gasteiger partial charge on any atom is 0.191 e. The van der Waals surface area contributed by atoms with Crippen molar-refractivity contribution in [3.8, 4) is 11.4 Å². The van der Waals surface area contributed by atoms with Crippen LogP contribution in [0.1, 0.15) is 5.69 Å². The highest BCUT2D eigenvalue weighted by Crippen LogP contribution is 2.25. The standard InChI is InChI=1S/C15H13ClN4S/c1-20-14(11-5-7-12(16)8-6-11)18-19-15(20)21-10-13-4-2-3-9-17-13/h2-9H,10H2,1H3. The van der Waals surface area contributed by atoms with E-state index in [1.165, 1.54) is 0 Å². The minimum absolute atomic E-state index is 0.714. The van der Waals surface area contributed by atoms with Crippen molar-refractivity contribution in [3.63, 3.8) is 0 Å². The predicted octanol–water partition coefficient (Wildman–Crippen LogP) is 3.82. The van der Waals surface area contributed by atoms with Crippen LogP contribution in [0.15, 0.2) is 53.8 Å². The van der Waals surface area contributed by atoms with Gasteiger partial charge in [0.2, 0.25) is 0 Å². The third kappa shape index (κ3) is 3.25. The second-order valence-corrected chi connectivity index (χ2v) is 5.86. The molecule has 106 valence electrons. The van der Waals surface area contributed by atoms with Crippen molar-refractivity contribution in [2.24, 2.45) is 7.05 Å². The molecular weight excluding hydrogens is 304 g/mol. The summed E-state index contributed by atoms with van der Waals surface area (Å²) < 4.78 is 1.98. The number of hydrogen-bond acceptors (Lipinski definition) is 4. The summed E-state index contributed by atoms with van der Waals surface area (Å²) in [5.41, 5.74) is 2.03. The van der Waals surface area contributed by atoms with Gasteiger partial charge in [0.05, 0.1) is 5.69 Å². The number of nitrogens with zero attached hydrogens (tertiary/aromatic N) is 4. The van der Waals surface area contributed by atoms with Gasteiger partial charge in [-0.1, -0.05) is 29.4 Å². The van der Waals surface area contributed by atoms with Crippen molar-refractivity contribution < 1.29 is 0 Å². The Hall–Kier alpha value is -1.85. The Kier molecular flexibility index (Phi) is 4.22. The average Bonchev–Trinajstić information content (AvgIpc) is 2.88. The van der Waals surface area contributed by atoms with Gasteiger partial charge >= 0.3 is 0 Å². The van der Waals surface area contributed by atoms with Gasteiger partial charge < -0.3 is 4.57 Å². The first-order valence-corrected chi connectivity index (χ1v) is 7.78. The van der Waals surface area contributed by atoms with Crippen molar-refractivity contribution in [2.45, 2.75) is 10.9 Å². The van der Waals surface area contributed by atoms with Crippen molar-refractivity contribution in [2.75, 3.05) is 0 Å². The summed E-state index contributed by atoms with van der Waals surface area (Å²) in [6.07, 6.45) is 1.80.